The molecule has 0 amide bonds. The summed E-state index contributed by atoms with van der Waals surface area (Å²) in [6.07, 6.45) is 2.84. The molecular weight excluding hydrogens is 309 g/mol. The van der Waals surface area contributed by atoms with Gasteiger partial charge in [-0.15, -0.1) is 0 Å². The minimum atomic E-state index is -0.942. The van der Waals surface area contributed by atoms with Crippen LogP contribution < -0.4 is 0 Å². The van der Waals surface area contributed by atoms with Crippen molar-refractivity contribution in [1.29, 1.82) is 0 Å². The third-order valence-corrected chi connectivity index (χ3v) is 11.0. The smallest absolute Gasteiger partial charge is 0.337 e. The van der Waals surface area contributed by atoms with Crippen molar-refractivity contribution >= 4 is 25.7 Å². The molecule has 0 aliphatic carbocycles. The van der Waals surface area contributed by atoms with Crippen LogP contribution in [-0.4, -0.2) is 35.8 Å². The van der Waals surface area contributed by atoms with Crippen LogP contribution in [0.3, 0.4) is 0 Å². The van der Waals surface area contributed by atoms with E-state index < -0.39 is 25.7 Å². The number of hydrogen-bond acceptors (Lipinski definition) is 2. The second-order valence-electron chi connectivity index (χ2n) is 3.36. The van der Waals surface area contributed by atoms with Crippen LogP contribution in [0.25, 0.3) is 0 Å². The van der Waals surface area contributed by atoms with Crippen LogP contribution in [0.2, 0.25) is 13.3 Å². The molecule has 0 bridgehead atoms. The Bertz CT molecular complexity index is 281. The number of aromatic nitrogens is 1. The van der Waals surface area contributed by atoms with Crippen LogP contribution in [-0.2, 0) is 0 Å². The fourth-order valence-electron chi connectivity index (χ4n) is 1.24. The van der Waals surface area contributed by atoms with E-state index in [9.17, 15) is 4.79 Å². The van der Waals surface area contributed by atoms with Gasteiger partial charge >= 0.3 is 59.8 Å². The summed E-state index contributed by atoms with van der Waals surface area (Å²) in [6, 6.07) is 3.08. The van der Waals surface area contributed by atoms with Crippen LogP contribution in [0.1, 0.15) is 31.1 Å². The molecule has 0 aromatic carbocycles. The van der Waals surface area contributed by atoms with Crippen LogP contribution in [0.4, 0.5) is 0 Å². The first-order valence-electron chi connectivity index (χ1n) is 5.62. The summed E-state index contributed by atoms with van der Waals surface area (Å²) in [5.74, 6) is -0.942. The van der Waals surface area contributed by atoms with Crippen molar-refractivity contribution in [2.24, 2.45) is 0 Å². The predicted molar refractivity (Wildman–Crippen MR) is 68.4 cm³/mol. The van der Waals surface area contributed by atoms with Crippen LogP contribution in [0, 0.1) is 0 Å². The summed E-state index contributed by atoms with van der Waals surface area (Å²) >= 11 is -0.653. The topological polar surface area (TPSA) is 50.2 Å². The molecule has 1 rings (SSSR count). The summed E-state index contributed by atoms with van der Waals surface area (Å²) in [5, 5.41) is 8.34. The zero-order chi connectivity index (χ0) is 12.4. The van der Waals surface area contributed by atoms with Crippen molar-refractivity contribution < 1.29 is 9.90 Å². The van der Waals surface area contributed by atoms with E-state index >= 15 is 0 Å². The van der Waals surface area contributed by atoms with Gasteiger partial charge in [-0.3, -0.25) is 4.98 Å². The molecule has 1 aromatic heterocycles. The number of aromatic carboxylic acids is 1. The summed E-state index contributed by atoms with van der Waals surface area (Å²) in [4.78, 5) is 13.8. The Morgan fingerprint density at radius 1 is 1.31 bits per heavy atom. The van der Waals surface area contributed by atoms with E-state index in [1.165, 1.54) is 18.5 Å². The van der Waals surface area contributed by atoms with Gasteiger partial charge < -0.3 is 5.11 Å². The van der Waals surface area contributed by atoms with Gasteiger partial charge in [0.2, 0.25) is 0 Å². The number of carbonyl (C=O) groups is 1. The Balaban J connectivity index is 0.000000293. The Morgan fingerprint density at radius 2 is 1.88 bits per heavy atom. The average Bonchev–Trinajstić information content (AvgIpc) is 2.33. The maximum atomic E-state index is 10.2. The summed E-state index contributed by atoms with van der Waals surface area (Å²) in [6.45, 7) is 7.05. The third-order valence-electron chi connectivity index (χ3n) is 2.41. The number of hydrogen-bond donors (Lipinski definition) is 1. The Morgan fingerprint density at radius 3 is 2.06 bits per heavy atom. The zero-order valence-electron chi connectivity index (χ0n) is 10.2. The Hall–Kier alpha value is -0.581. The number of nitrogens with zero attached hydrogens (tertiary/aromatic N) is 1. The SMILES string of the molecule is C[CH2][Sn]([CH2]C)[CH2]C.O=C(O)c1cccnc1. The van der Waals surface area contributed by atoms with Crippen molar-refractivity contribution in [3.8, 4) is 0 Å². The van der Waals surface area contributed by atoms with E-state index in [1.54, 1.807) is 19.4 Å². The van der Waals surface area contributed by atoms with Crippen molar-refractivity contribution in [3.05, 3.63) is 30.1 Å². The van der Waals surface area contributed by atoms with E-state index in [4.69, 9.17) is 5.11 Å². The zero-order valence-corrected chi connectivity index (χ0v) is 13.1. The van der Waals surface area contributed by atoms with Crippen LogP contribution in [0.5, 0.6) is 0 Å². The van der Waals surface area contributed by atoms with Gasteiger partial charge in [0.1, 0.15) is 0 Å². The third kappa shape index (κ3) is 6.82. The van der Waals surface area contributed by atoms with Gasteiger partial charge in [0.15, 0.2) is 0 Å². The van der Waals surface area contributed by atoms with Gasteiger partial charge in [0.25, 0.3) is 0 Å². The molecule has 1 heterocycles. The molecule has 0 atom stereocenters. The van der Waals surface area contributed by atoms with E-state index in [0.29, 0.717) is 0 Å². The molecule has 1 N–H and O–H groups in total. The molecule has 1 aromatic rings. The quantitative estimate of drug-likeness (QED) is 0.862. The first-order valence-corrected chi connectivity index (χ1v) is 11.7. The molecule has 0 aliphatic heterocycles. The summed E-state index contributed by atoms with van der Waals surface area (Å²) in [7, 11) is 0. The van der Waals surface area contributed by atoms with Gasteiger partial charge in [-0.1, -0.05) is 0 Å². The predicted octanol–water partition coefficient (Wildman–Crippen LogP) is 3.32. The molecule has 0 unspecified atom stereocenters. The molecule has 0 fully saturated rings. The maximum Gasteiger partial charge on any atom is 0.337 e. The first-order chi connectivity index (χ1) is 7.65. The van der Waals surface area contributed by atoms with Crippen LogP contribution >= 0.6 is 0 Å². The Kier molecular flexibility index (Phi) is 9.28. The summed E-state index contributed by atoms with van der Waals surface area (Å²) in [5.41, 5.74) is 0.220. The molecular formula is C12H20NO2Sn. The largest absolute Gasteiger partial charge is 0.478 e. The molecule has 3 nitrogen and oxygen atoms in total. The fraction of sp³-hybridized carbons (Fsp3) is 0.500. The number of carboxylic acids is 1. The molecule has 0 spiro atoms. The van der Waals surface area contributed by atoms with Crippen molar-refractivity contribution in [3.63, 3.8) is 0 Å². The second kappa shape index (κ2) is 9.63. The van der Waals surface area contributed by atoms with Gasteiger partial charge in [0.05, 0.1) is 5.56 Å². The molecule has 16 heavy (non-hydrogen) atoms. The summed E-state index contributed by atoms with van der Waals surface area (Å²) < 4.78 is 4.65. The molecule has 0 aliphatic rings. The van der Waals surface area contributed by atoms with Crippen molar-refractivity contribution in [2.75, 3.05) is 0 Å². The molecule has 0 saturated carbocycles. The van der Waals surface area contributed by atoms with E-state index in [2.05, 4.69) is 25.8 Å². The number of rotatable bonds is 4. The average molecular weight is 329 g/mol. The first kappa shape index (κ1) is 15.4. The van der Waals surface area contributed by atoms with Gasteiger partial charge in [0, 0.05) is 12.4 Å². The standard InChI is InChI=1S/C6H5NO2.3C2H5.Sn/c8-6(9)5-2-1-3-7-4-5;3*1-2;/h1-4H,(H,8,9);3*1H2,2H3;. The maximum absolute atomic E-state index is 10.2. The van der Waals surface area contributed by atoms with Crippen molar-refractivity contribution in [1.82, 2.24) is 4.98 Å². The van der Waals surface area contributed by atoms with Crippen molar-refractivity contribution in [2.45, 2.75) is 34.1 Å². The minimum Gasteiger partial charge on any atom is -0.478 e. The van der Waals surface area contributed by atoms with Gasteiger partial charge in [-0.25, -0.2) is 4.79 Å². The Labute approximate surface area is 105 Å². The van der Waals surface area contributed by atoms with Gasteiger partial charge in [-0.2, -0.15) is 0 Å². The number of pyridine rings is 1. The molecule has 4 heteroatoms. The fourth-order valence-corrected chi connectivity index (χ4v) is 5.52. The monoisotopic (exact) mass is 330 g/mol. The number of carboxylic acid groups (broad SMARTS) is 1. The van der Waals surface area contributed by atoms with E-state index in [-0.39, 0.29) is 5.56 Å². The van der Waals surface area contributed by atoms with E-state index in [1.807, 2.05) is 0 Å². The minimum absolute atomic E-state index is 0.220. The van der Waals surface area contributed by atoms with Gasteiger partial charge in [-0.05, 0) is 12.1 Å². The normalized spacial score (nSPS) is 9.50. The van der Waals surface area contributed by atoms with Crippen LogP contribution in [0.15, 0.2) is 24.5 Å². The molecule has 0 saturated heterocycles. The molecule has 89 valence electrons. The second-order valence-corrected chi connectivity index (χ2v) is 13.7. The van der Waals surface area contributed by atoms with E-state index in [0.717, 1.165) is 0 Å². The molecule has 1 radical (unpaired) electrons.